The fraction of sp³-hybridized carbons (Fsp3) is 0.105. The first kappa shape index (κ1) is 17.4. The summed E-state index contributed by atoms with van der Waals surface area (Å²) < 4.78 is 11.9. The van der Waals surface area contributed by atoms with Crippen molar-refractivity contribution in [1.29, 1.82) is 0 Å². The van der Waals surface area contributed by atoms with Crippen molar-refractivity contribution in [3.8, 4) is 23.0 Å². The molecule has 0 fully saturated rings. The number of halogens is 1. The van der Waals surface area contributed by atoms with Gasteiger partial charge in [0.25, 0.3) is 0 Å². The van der Waals surface area contributed by atoms with Crippen molar-refractivity contribution in [1.82, 2.24) is 15.2 Å². The molecule has 134 valence electrons. The normalized spacial score (nSPS) is 15.7. The predicted octanol–water partition coefficient (Wildman–Crippen LogP) is 3.66. The fourth-order valence-corrected chi connectivity index (χ4v) is 3.89. The molecule has 4 rings (SSSR count). The number of ether oxygens (including phenoxy) is 2. The van der Waals surface area contributed by atoms with Gasteiger partial charge in [-0.3, -0.25) is 10.1 Å². The Balaban J connectivity index is 1.94. The van der Waals surface area contributed by atoms with Gasteiger partial charge in [0.2, 0.25) is 11.6 Å². The lowest BCUT2D eigenvalue weighted by atomic mass is 9.86. The summed E-state index contributed by atoms with van der Waals surface area (Å²) in [6.07, 6.45) is 1.71. The summed E-state index contributed by atoms with van der Waals surface area (Å²) in [7, 11) is 1.63. The van der Waals surface area contributed by atoms with Gasteiger partial charge in [-0.05, 0) is 52.4 Å². The number of hydrogen-bond donors (Lipinski definition) is 2. The molecule has 3 aromatic rings. The van der Waals surface area contributed by atoms with Gasteiger partial charge in [0.1, 0.15) is 5.75 Å². The third kappa shape index (κ3) is 2.90. The molecule has 1 aliphatic heterocycles. The number of nitrogens with one attached hydrogen (secondary N) is 1. The second kappa shape index (κ2) is 6.92. The first-order valence-corrected chi connectivity index (χ1v) is 9.10. The van der Waals surface area contributed by atoms with Crippen LogP contribution >= 0.6 is 22.6 Å². The molecule has 1 aliphatic rings. The van der Waals surface area contributed by atoms with E-state index in [2.05, 4.69) is 42.6 Å². The molecule has 1 atom stereocenters. The van der Waals surface area contributed by atoms with Crippen LogP contribution in [0.5, 0.6) is 11.6 Å². The Morgan fingerprint density at radius 2 is 2.19 bits per heavy atom. The van der Waals surface area contributed by atoms with Crippen LogP contribution in [-0.4, -0.2) is 22.3 Å². The zero-order valence-corrected chi connectivity index (χ0v) is 16.4. The first-order chi connectivity index (χ1) is 13.1. The molecule has 3 heterocycles. The maximum absolute atomic E-state index is 7.64. The van der Waals surface area contributed by atoms with E-state index in [1.807, 2.05) is 36.4 Å². The average Bonchev–Trinajstić information content (AvgIpc) is 3.10. The summed E-state index contributed by atoms with van der Waals surface area (Å²) in [4.78, 5) is 8.05. The number of rotatable bonds is 3. The first-order valence-electron chi connectivity index (χ1n) is 8.02. The number of hydrogen-bond acceptors (Lipinski definition) is 5. The molecule has 0 amide bonds. The number of pyridine rings is 1. The molecule has 0 aliphatic carbocycles. The van der Waals surface area contributed by atoms with Gasteiger partial charge in [-0.2, -0.15) is 0 Å². The summed E-state index contributed by atoms with van der Waals surface area (Å²) >= 11 is 2.21. The molecule has 8 heteroatoms. The monoisotopic (exact) mass is 471 g/mol. The Morgan fingerprint density at radius 3 is 2.85 bits per heavy atom. The highest BCUT2D eigenvalue weighted by Gasteiger charge is 2.36. The number of nitrogens with zero attached hydrogens (tertiary/aromatic N) is 3. The van der Waals surface area contributed by atoms with Crippen LogP contribution in [0, 0.1) is 10.1 Å². The molecule has 0 saturated heterocycles. The third-order valence-electron chi connectivity index (χ3n) is 4.34. The van der Waals surface area contributed by atoms with E-state index >= 15 is 0 Å². The van der Waals surface area contributed by atoms with Crippen LogP contribution < -0.4 is 15.2 Å². The Hall–Kier alpha value is -3.06. The number of fused-ring (bicyclic) bond motifs is 1. The van der Waals surface area contributed by atoms with Crippen molar-refractivity contribution >= 4 is 22.6 Å². The van der Waals surface area contributed by atoms with E-state index in [9.17, 15) is 0 Å². The second-order valence-corrected chi connectivity index (χ2v) is 6.98. The van der Waals surface area contributed by atoms with Crippen LogP contribution in [0.3, 0.4) is 0 Å². The van der Waals surface area contributed by atoms with Gasteiger partial charge in [0.15, 0.2) is 5.88 Å². The van der Waals surface area contributed by atoms with E-state index < -0.39 is 5.92 Å². The van der Waals surface area contributed by atoms with E-state index in [-0.39, 0.29) is 5.88 Å². The van der Waals surface area contributed by atoms with Gasteiger partial charge in [0, 0.05) is 11.8 Å². The number of nitrogens with two attached hydrogens (primary N) is 1. The summed E-state index contributed by atoms with van der Waals surface area (Å²) in [5, 5.41) is 7.24. The number of aromatic nitrogens is 3. The molecule has 0 saturated carbocycles. The molecule has 3 N–H and O–H groups in total. The second-order valence-electron chi connectivity index (χ2n) is 5.82. The Bertz CT molecular complexity index is 1090. The van der Waals surface area contributed by atoms with Crippen molar-refractivity contribution in [3.63, 3.8) is 0 Å². The summed E-state index contributed by atoms with van der Waals surface area (Å²) in [5.74, 6) is 0.773. The molecular weight excluding hydrogens is 457 g/mol. The highest BCUT2D eigenvalue weighted by atomic mass is 127. The van der Waals surface area contributed by atoms with E-state index in [0.29, 0.717) is 23.0 Å². The van der Waals surface area contributed by atoms with Crippen LogP contribution in [-0.2, 0) is 0 Å². The van der Waals surface area contributed by atoms with E-state index in [1.54, 1.807) is 13.3 Å². The average molecular weight is 471 g/mol. The molecule has 0 radical (unpaired) electrons. The minimum absolute atomic E-state index is 0.0624. The molecule has 1 unspecified atom stereocenters. The number of H-pyrrole nitrogens is 1. The van der Waals surface area contributed by atoms with Crippen molar-refractivity contribution < 1.29 is 9.47 Å². The van der Waals surface area contributed by atoms with E-state index in [4.69, 9.17) is 21.8 Å². The quantitative estimate of drug-likeness (QED) is 0.450. The zero-order valence-electron chi connectivity index (χ0n) is 14.2. The Labute approximate surface area is 169 Å². The Kier molecular flexibility index (Phi) is 4.45. The molecule has 27 heavy (non-hydrogen) atoms. The smallest absolute Gasteiger partial charge is 0.241 e. The molecule has 0 bridgehead atoms. The van der Waals surface area contributed by atoms with E-state index in [1.165, 1.54) is 0 Å². The minimum Gasteiger partial charge on any atom is -0.496 e. The van der Waals surface area contributed by atoms with Gasteiger partial charge >= 0.3 is 0 Å². The minimum atomic E-state index is -0.415. The van der Waals surface area contributed by atoms with Crippen LogP contribution in [0.25, 0.3) is 16.2 Å². The SMILES string of the molecule is [C-]#[N+]C1=C(N)Oc2n[nH]c(-c3ccccn3)c2C1c1ccc(OC)c(I)c1. The third-order valence-corrected chi connectivity index (χ3v) is 5.18. The van der Waals surface area contributed by atoms with Gasteiger partial charge in [-0.1, -0.05) is 12.1 Å². The lowest BCUT2D eigenvalue weighted by Gasteiger charge is -2.24. The maximum Gasteiger partial charge on any atom is 0.241 e. The predicted molar refractivity (Wildman–Crippen MR) is 108 cm³/mol. The highest BCUT2D eigenvalue weighted by molar-refractivity contribution is 14.1. The molecule has 2 aromatic heterocycles. The van der Waals surface area contributed by atoms with Crippen LogP contribution in [0.2, 0.25) is 0 Å². The van der Waals surface area contributed by atoms with Crippen LogP contribution in [0.15, 0.2) is 54.2 Å². The van der Waals surface area contributed by atoms with Crippen LogP contribution in [0.1, 0.15) is 17.0 Å². The summed E-state index contributed by atoms with van der Waals surface area (Å²) in [6.45, 7) is 7.64. The zero-order chi connectivity index (χ0) is 19.0. The lowest BCUT2D eigenvalue weighted by molar-refractivity contribution is 0.378. The van der Waals surface area contributed by atoms with Gasteiger partial charge < -0.3 is 15.2 Å². The fourth-order valence-electron chi connectivity index (χ4n) is 3.13. The largest absolute Gasteiger partial charge is 0.496 e. The lowest BCUT2D eigenvalue weighted by Crippen LogP contribution is -2.20. The number of methoxy groups -OCH3 is 1. The summed E-state index contributed by atoms with van der Waals surface area (Å²) in [6, 6.07) is 11.4. The van der Waals surface area contributed by atoms with E-state index in [0.717, 1.165) is 20.4 Å². The molecular formula is C19H14IN5O2. The van der Waals surface area contributed by atoms with Crippen LogP contribution in [0.4, 0.5) is 0 Å². The number of benzene rings is 1. The Morgan fingerprint density at radius 1 is 1.33 bits per heavy atom. The van der Waals surface area contributed by atoms with Crippen molar-refractivity contribution in [3.05, 3.63) is 80.3 Å². The molecule has 0 spiro atoms. The highest BCUT2D eigenvalue weighted by Crippen LogP contribution is 2.46. The van der Waals surface area contributed by atoms with Gasteiger partial charge in [0.05, 0.1) is 34.6 Å². The topological polar surface area (TPSA) is 90.4 Å². The van der Waals surface area contributed by atoms with Crippen molar-refractivity contribution in [2.75, 3.05) is 7.11 Å². The maximum atomic E-state index is 7.64. The number of aromatic amines is 1. The van der Waals surface area contributed by atoms with Gasteiger partial charge in [-0.15, -0.1) is 5.10 Å². The standard InChI is InChI=1S/C19H14IN5O2/c1-22-17-14(10-6-7-13(26-2)11(20)9-10)15-16(12-5-3-4-8-23-12)24-25-19(15)27-18(17)21/h3-9,14H,21H2,2H3,(H,24,25). The van der Waals surface area contributed by atoms with Gasteiger partial charge in [-0.25, -0.2) is 4.85 Å². The molecule has 1 aromatic carbocycles. The number of allylic oxidation sites excluding steroid dienone is 1. The summed E-state index contributed by atoms with van der Waals surface area (Å²) in [5.41, 5.74) is 9.41. The van der Waals surface area contributed by atoms with Crippen molar-refractivity contribution in [2.45, 2.75) is 5.92 Å². The van der Waals surface area contributed by atoms with Crippen molar-refractivity contribution in [2.24, 2.45) is 5.73 Å². The molecule has 7 nitrogen and oxygen atoms in total.